The lowest BCUT2D eigenvalue weighted by molar-refractivity contribution is -0.162. The molecule has 0 radical (unpaired) electrons. The van der Waals surface area contributed by atoms with Gasteiger partial charge in [-0.1, -0.05) is 70.0 Å². The van der Waals surface area contributed by atoms with E-state index in [0.717, 1.165) is 11.1 Å². The van der Waals surface area contributed by atoms with Crippen LogP contribution in [0.4, 0.5) is 10.5 Å². The summed E-state index contributed by atoms with van der Waals surface area (Å²) in [7, 11) is 6.09. The lowest BCUT2D eigenvalue weighted by Crippen LogP contribution is -2.63. The van der Waals surface area contributed by atoms with Crippen LogP contribution in [0.5, 0.6) is 5.75 Å². The molecule has 0 spiro atoms. The topological polar surface area (TPSA) is 156 Å². The summed E-state index contributed by atoms with van der Waals surface area (Å²) in [4.78, 5) is 57.1. The third-order valence-electron chi connectivity index (χ3n) is 11.0. The van der Waals surface area contributed by atoms with Crippen LogP contribution in [0.25, 0.3) is 0 Å². The molecule has 1 aromatic carbocycles. The van der Waals surface area contributed by atoms with E-state index in [-0.39, 0.29) is 34.9 Å². The molecular formula is C41H60ClN3O10S. The fourth-order valence-electron chi connectivity index (χ4n) is 7.50. The minimum Gasteiger partial charge on any atom is -0.495 e. The highest BCUT2D eigenvalue weighted by Crippen LogP contribution is 2.49. The molecule has 3 aliphatic rings. The maximum absolute atomic E-state index is 14.2. The molecule has 0 unspecified atom stereocenters. The molecule has 0 saturated carbocycles. The number of amides is 3. The fourth-order valence-corrected chi connectivity index (χ4v) is 9.31. The van der Waals surface area contributed by atoms with Crippen LogP contribution in [0, 0.1) is 5.92 Å². The number of nitrogens with zero attached hydrogens (tertiary/aromatic N) is 2. The van der Waals surface area contributed by atoms with E-state index >= 15 is 0 Å². The van der Waals surface area contributed by atoms with Gasteiger partial charge in [-0.05, 0) is 56.6 Å². The number of carbonyl (C=O) groups is 4. The van der Waals surface area contributed by atoms with Gasteiger partial charge >= 0.3 is 12.1 Å². The van der Waals surface area contributed by atoms with Crippen LogP contribution >= 0.6 is 23.4 Å². The van der Waals surface area contributed by atoms with E-state index in [9.17, 15) is 24.3 Å². The van der Waals surface area contributed by atoms with Gasteiger partial charge in [0.1, 0.15) is 40.7 Å². The van der Waals surface area contributed by atoms with Gasteiger partial charge in [0.05, 0.1) is 25.3 Å². The Kier molecular flexibility index (Phi) is 14.7. The highest BCUT2D eigenvalue weighted by Gasteiger charge is 2.64. The molecule has 2 fully saturated rings. The number of methoxy groups -OCH3 is 2. The first kappa shape index (κ1) is 45.4. The predicted octanol–water partition coefficient (Wildman–Crippen LogP) is 6.21. The van der Waals surface area contributed by atoms with Crippen molar-refractivity contribution in [1.82, 2.24) is 10.2 Å². The van der Waals surface area contributed by atoms with Crippen molar-refractivity contribution in [2.24, 2.45) is 5.92 Å². The van der Waals surface area contributed by atoms with Crippen molar-refractivity contribution >= 4 is 52.9 Å². The lowest BCUT2D eigenvalue weighted by Gasteiger charge is -2.42. The van der Waals surface area contributed by atoms with E-state index in [1.54, 1.807) is 64.0 Å². The Hall–Kier alpha value is -3.30. The number of esters is 1. The molecule has 312 valence electrons. The zero-order valence-corrected chi connectivity index (χ0v) is 36.3. The Labute approximate surface area is 340 Å². The Morgan fingerprint density at radius 2 is 1.89 bits per heavy atom. The van der Waals surface area contributed by atoms with Gasteiger partial charge in [-0.2, -0.15) is 11.8 Å². The summed E-state index contributed by atoms with van der Waals surface area (Å²) >= 11 is 8.58. The number of hydrogen-bond acceptors (Lipinski definition) is 11. The SMILES string of the molecule is COc1cc2cc(c1Cl)N(C)C(=O)C[C@H](OC(=O)[C@@H](C)N(C)C(=O)CCC(C)(C)SC(C)C)[C@]1(C)O[C@H]1[C@H](C)[C@@H]1C[C@@](O)(NC(=O)O1)[C@H](OC)/C=C/C=C(\C)C2. The van der Waals surface area contributed by atoms with E-state index in [2.05, 4.69) is 33.0 Å². The number of carbonyl (C=O) groups excluding carboxylic acids is 4. The van der Waals surface area contributed by atoms with Crippen molar-refractivity contribution < 1.29 is 48.0 Å². The lowest BCUT2D eigenvalue weighted by atomic mass is 9.83. The molecule has 8 atom stereocenters. The third-order valence-corrected chi connectivity index (χ3v) is 12.7. The molecule has 4 rings (SSSR count). The molecule has 1 aromatic rings. The van der Waals surface area contributed by atoms with Gasteiger partial charge in [-0.15, -0.1) is 0 Å². The van der Waals surface area contributed by atoms with Gasteiger partial charge < -0.3 is 38.6 Å². The van der Waals surface area contributed by atoms with Crippen molar-refractivity contribution in [2.75, 3.05) is 33.2 Å². The summed E-state index contributed by atoms with van der Waals surface area (Å²) in [5.41, 5.74) is -0.900. The number of rotatable bonds is 10. The molecule has 3 aliphatic heterocycles. The summed E-state index contributed by atoms with van der Waals surface area (Å²) in [5, 5.41) is 14.9. The summed E-state index contributed by atoms with van der Waals surface area (Å²) in [6.45, 7) is 15.5. The molecule has 3 amide bonds. The number of hydrogen-bond donors (Lipinski definition) is 2. The third kappa shape index (κ3) is 10.6. The Balaban J connectivity index is 1.70. The van der Waals surface area contributed by atoms with Crippen LogP contribution in [-0.4, -0.2) is 114 Å². The van der Waals surface area contributed by atoms with Crippen LogP contribution in [0.2, 0.25) is 5.02 Å². The predicted molar refractivity (Wildman–Crippen MR) is 217 cm³/mol. The normalized spacial score (nSPS) is 30.6. The molecular weight excluding hydrogens is 762 g/mol. The fraction of sp³-hybridized carbons (Fsp3) is 0.659. The van der Waals surface area contributed by atoms with Crippen LogP contribution in [0.3, 0.4) is 0 Å². The summed E-state index contributed by atoms with van der Waals surface area (Å²) in [6, 6.07) is 2.63. The van der Waals surface area contributed by atoms with Crippen molar-refractivity contribution in [3.63, 3.8) is 0 Å². The van der Waals surface area contributed by atoms with E-state index < -0.39 is 65.7 Å². The average molecular weight is 822 g/mol. The van der Waals surface area contributed by atoms with Crippen molar-refractivity contribution in [2.45, 2.75) is 139 Å². The zero-order valence-electron chi connectivity index (χ0n) is 34.8. The molecule has 4 bridgehead atoms. The van der Waals surface area contributed by atoms with Gasteiger partial charge in [0.25, 0.3) is 0 Å². The largest absolute Gasteiger partial charge is 0.495 e. The minimum atomic E-state index is -1.83. The standard InChI is InChI=1S/C41H60ClN3O10S/c1-23(2)56-39(6,7)17-16-33(46)44(9)26(5)37(48)54-32-21-34(47)45(10)28-19-27(20-29(51-11)35(28)42)18-24(3)14-13-15-31(52-12)41(50)22-30(53-38(49)43-41)25(4)36-40(32,8)55-36/h13-15,19-20,23,25-26,30-32,36,50H,16-18,21-22H2,1-12H3,(H,43,49)/b15-13+,24-14+/t25-,26-,30+,31-,32+,36+,40+,41+/m1/s1. The number of ether oxygens (including phenoxy) is 5. The first-order valence-corrected chi connectivity index (χ1v) is 20.3. The number of anilines is 1. The number of epoxide rings is 1. The van der Waals surface area contributed by atoms with Crippen LogP contribution in [-0.2, 0) is 39.8 Å². The number of alkyl carbamates (subject to hydrolysis) is 1. The second-order valence-electron chi connectivity index (χ2n) is 16.3. The number of fused-ring (bicyclic) bond motifs is 5. The first-order chi connectivity index (χ1) is 26.0. The first-order valence-electron chi connectivity index (χ1n) is 19.1. The molecule has 15 heteroatoms. The monoisotopic (exact) mass is 821 g/mol. The Morgan fingerprint density at radius 3 is 2.52 bits per heavy atom. The van der Waals surface area contributed by atoms with E-state index in [1.165, 1.54) is 24.0 Å². The van der Waals surface area contributed by atoms with E-state index in [4.69, 9.17) is 35.3 Å². The smallest absolute Gasteiger partial charge is 0.409 e. The average Bonchev–Trinajstić information content (AvgIpc) is 3.82. The second kappa shape index (κ2) is 18.1. The molecule has 0 aromatic heterocycles. The molecule has 0 aliphatic carbocycles. The summed E-state index contributed by atoms with van der Waals surface area (Å²) in [5.74, 6) is -1.49. The Bertz CT molecular complexity index is 1700. The zero-order chi connectivity index (χ0) is 41.9. The molecule has 13 nitrogen and oxygen atoms in total. The number of allylic oxidation sites excluding steroid dienone is 3. The van der Waals surface area contributed by atoms with Crippen molar-refractivity contribution in [3.05, 3.63) is 46.5 Å². The highest BCUT2D eigenvalue weighted by atomic mass is 35.5. The number of aliphatic hydroxyl groups is 1. The summed E-state index contributed by atoms with van der Waals surface area (Å²) < 4.78 is 29.2. The number of thioether (sulfide) groups is 1. The van der Waals surface area contributed by atoms with Gasteiger partial charge in [-0.3, -0.25) is 14.9 Å². The number of halogens is 1. The van der Waals surface area contributed by atoms with Gasteiger partial charge in [0.2, 0.25) is 11.8 Å². The molecule has 3 heterocycles. The van der Waals surface area contributed by atoms with E-state index in [0.29, 0.717) is 29.5 Å². The second-order valence-corrected chi connectivity index (χ2v) is 19.0. The number of benzene rings is 1. The quantitative estimate of drug-likeness (QED) is 0.204. The molecule has 2 saturated heterocycles. The van der Waals surface area contributed by atoms with Crippen LogP contribution in [0.15, 0.2) is 35.9 Å². The molecule has 56 heavy (non-hydrogen) atoms. The number of likely N-dealkylation sites (N-methyl/N-ethyl adjacent to an activating group) is 1. The van der Waals surface area contributed by atoms with Gasteiger partial charge in [0.15, 0.2) is 5.72 Å². The Morgan fingerprint density at radius 1 is 1.21 bits per heavy atom. The van der Waals surface area contributed by atoms with Crippen LogP contribution in [0.1, 0.15) is 86.6 Å². The molecule has 2 N–H and O–H groups in total. The van der Waals surface area contributed by atoms with Gasteiger partial charge in [0, 0.05) is 44.7 Å². The number of nitrogens with one attached hydrogen (secondary N) is 1. The maximum atomic E-state index is 14.2. The highest BCUT2D eigenvalue weighted by molar-refractivity contribution is 8.01. The van der Waals surface area contributed by atoms with Crippen molar-refractivity contribution in [1.29, 1.82) is 0 Å². The summed E-state index contributed by atoms with van der Waals surface area (Å²) in [6.07, 6.45) is 1.85. The maximum Gasteiger partial charge on any atom is 0.409 e. The van der Waals surface area contributed by atoms with Crippen molar-refractivity contribution in [3.8, 4) is 5.75 Å². The minimum absolute atomic E-state index is 0.0476. The van der Waals surface area contributed by atoms with Crippen LogP contribution < -0.4 is 15.0 Å². The van der Waals surface area contributed by atoms with Gasteiger partial charge in [-0.25, -0.2) is 9.59 Å². The van der Waals surface area contributed by atoms with E-state index in [1.807, 2.05) is 19.9 Å².